The maximum atomic E-state index is 12.1. The fourth-order valence-electron chi connectivity index (χ4n) is 4.33. The van der Waals surface area contributed by atoms with Gasteiger partial charge in [0.25, 0.3) is 0 Å². The lowest BCUT2D eigenvalue weighted by Crippen LogP contribution is -2.23. The Morgan fingerprint density at radius 3 is 2.70 bits per heavy atom. The molecule has 136 valence electrons. The van der Waals surface area contributed by atoms with Gasteiger partial charge in [0.1, 0.15) is 0 Å². The Morgan fingerprint density at radius 2 is 1.93 bits per heavy atom. The summed E-state index contributed by atoms with van der Waals surface area (Å²) in [6.07, 6.45) is 1.01. The summed E-state index contributed by atoms with van der Waals surface area (Å²) in [6.45, 7) is 0. The van der Waals surface area contributed by atoms with E-state index < -0.39 is 0 Å². The molecule has 0 saturated heterocycles. The third kappa shape index (κ3) is 2.66. The van der Waals surface area contributed by atoms with Crippen molar-refractivity contribution in [1.82, 2.24) is 4.98 Å². The largest absolute Gasteiger partial charge is 0.465 e. The smallest absolute Gasteiger partial charge is 0.337 e. The molecule has 2 aromatic carbocycles. The molecule has 27 heavy (non-hydrogen) atoms. The van der Waals surface area contributed by atoms with Gasteiger partial charge in [-0.15, -0.1) is 11.8 Å². The fourth-order valence-corrected chi connectivity index (χ4v) is 6.99. The first-order valence-corrected chi connectivity index (χ1v) is 10.5. The van der Waals surface area contributed by atoms with Gasteiger partial charge in [-0.1, -0.05) is 47.7 Å². The molecule has 1 aliphatic heterocycles. The normalized spacial score (nSPS) is 22.6. The summed E-state index contributed by atoms with van der Waals surface area (Å²) in [6, 6.07) is 16.2. The van der Waals surface area contributed by atoms with E-state index in [0.29, 0.717) is 16.7 Å². The maximum absolute atomic E-state index is 12.1. The van der Waals surface area contributed by atoms with E-state index >= 15 is 0 Å². The van der Waals surface area contributed by atoms with Crippen LogP contribution in [0.15, 0.2) is 58.4 Å². The number of esters is 1. The molecule has 2 heterocycles. The third-order valence-corrected chi connectivity index (χ3v) is 7.89. The molecule has 1 aromatic heterocycles. The molecule has 0 amide bonds. The number of carbonyl (C=O) groups is 1. The van der Waals surface area contributed by atoms with Crippen LogP contribution in [0.4, 0.5) is 0 Å². The summed E-state index contributed by atoms with van der Waals surface area (Å²) < 4.78 is 4.81. The summed E-state index contributed by atoms with van der Waals surface area (Å²) in [5.74, 6) is 0.108. The lowest BCUT2D eigenvalue weighted by atomic mass is 9.80. The molecule has 0 radical (unpaired) electrons. The number of rotatable bonds is 2. The van der Waals surface area contributed by atoms with E-state index in [0.717, 1.165) is 21.9 Å². The number of hydrogen-bond acceptors (Lipinski definition) is 5. The van der Waals surface area contributed by atoms with Crippen molar-refractivity contribution in [1.29, 1.82) is 0 Å². The van der Waals surface area contributed by atoms with Gasteiger partial charge in [0.05, 0.1) is 17.7 Å². The molecule has 0 spiro atoms. The molecule has 6 heteroatoms. The lowest BCUT2D eigenvalue weighted by molar-refractivity contribution is 0.0600. The van der Waals surface area contributed by atoms with Crippen LogP contribution in [-0.2, 0) is 11.2 Å². The zero-order valence-electron chi connectivity index (χ0n) is 14.6. The van der Waals surface area contributed by atoms with Gasteiger partial charge in [-0.3, -0.25) is 4.79 Å². The predicted octanol–water partition coefficient (Wildman–Crippen LogP) is 4.17. The van der Waals surface area contributed by atoms with Crippen LogP contribution in [0.5, 0.6) is 0 Å². The zero-order valence-corrected chi connectivity index (χ0v) is 16.2. The average Bonchev–Trinajstić information content (AvgIpc) is 3.24. The number of aromatic amines is 1. The predicted molar refractivity (Wildman–Crippen MR) is 107 cm³/mol. The zero-order chi connectivity index (χ0) is 18.5. The van der Waals surface area contributed by atoms with Gasteiger partial charge >= 0.3 is 10.8 Å². The molecule has 3 atom stereocenters. The van der Waals surface area contributed by atoms with E-state index in [1.165, 1.54) is 29.6 Å². The Hall–Kier alpha value is -2.31. The molecule has 1 aliphatic carbocycles. The van der Waals surface area contributed by atoms with Gasteiger partial charge in [0.15, 0.2) is 0 Å². The SMILES string of the molecule is COC(=O)c1ccc([C@H]2c3sc(=O)[nH]c3S[C@@H]3Cc4ccccc4[C@H]23)cc1. The van der Waals surface area contributed by atoms with Crippen molar-refractivity contribution >= 4 is 29.1 Å². The van der Waals surface area contributed by atoms with E-state index in [4.69, 9.17) is 4.74 Å². The first kappa shape index (κ1) is 16.8. The number of nitrogens with one attached hydrogen (secondary N) is 1. The molecule has 4 nitrogen and oxygen atoms in total. The Labute approximate surface area is 164 Å². The Kier molecular flexibility index (Phi) is 3.98. The summed E-state index contributed by atoms with van der Waals surface area (Å²) in [5, 5.41) is 1.41. The molecular formula is C21H17NO3S2. The summed E-state index contributed by atoms with van der Waals surface area (Å²) in [5.41, 5.74) is 4.45. The lowest BCUT2D eigenvalue weighted by Gasteiger charge is -2.33. The first-order chi connectivity index (χ1) is 13.2. The average molecular weight is 396 g/mol. The molecule has 0 bridgehead atoms. The van der Waals surface area contributed by atoms with Gasteiger partial charge in [-0.05, 0) is 35.2 Å². The van der Waals surface area contributed by atoms with Crippen LogP contribution in [0.3, 0.4) is 0 Å². The minimum absolute atomic E-state index is 0.00283. The van der Waals surface area contributed by atoms with Gasteiger partial charge < -0.3 is 9.72 Å². The molecule has 5 rings (SSSR count). The number of thioether (sulfide) groups is 1. The number of fused-ring (bicyclic) bond motifs is 4. The number of benzene rings is 2. The van der Waals surface area contributed by atoms with Crippen molar-refractivity contribution in [2.24, 2.45) is 0 Å². The van der Waals surface area contributed by atoms with Crippen LogP contribution < -0.4 is 4.87 Å². The second-order valence-electron chi connectivity index (χ2n) is 6.88. The standard InChI is InChI=1S/C21H17NO3S2/c1-25-20(23)12-8-6-11(7-9-12)16-17-14-5-3-2-4-13(14)10-15(17)26-19-18(16)27-21(24)22-19/h2-9,15-17H,10H2,1H3,(H,22,24)/t15-,16-,17+/m1/s1. The minimum atomic E-state index is -0.336. The summed E-state index contributed by atoms with van der Waals surface area (Å²) in [4.78, 5) is 28.0. The number of thiazole rings is 1. The summed E-state index contributed by atoms with van der Waals surface area (Å²) in [7, 11) is 1.39. The summed E-state index contributed by atoms with van der Waals surface area (Å²) >= 11 is 3.10. The van der Waals surface area contributed by atoms with Crippen LogP contribution in [0, 0.1) is 0 Å². The highest BCUT2D eigenvalue weighted by atomic mass is 32.2. The molecule has 0 fully saturated rings. The van der Waals surface area contributed by atoms with Crippen LogP contribution in [0.1, 0.15) is 43.8 Å². The molecule has 1 N–H and O–H groups in total. The highest BCUT2D eigenvalue weighted by molar-refractivity contribution is 8.00. The van der Waals surface area contributed by atoms with Gasteiger partial charge in [0, 0.05) is 22.0 Å². The Balaban J connectivity index is 1.65. The van der Waals surface area contributed by atoms with Gasteiger partial charge in [-0.2, -0.15) is 0 Å². The molecule has 3 aromatic rings. The van der Waals surface area contributed by atoms with Crippen molar-refractivity contribution in [2.45, 2.75) is 28.5 Å². The number of methoxy groups -OCH3 is 1. The number of carbonyl (C=O) groups excluding carboxylic acids is 1. The first-order valence-electron chi connectivity index (χ1n) is 8.81. The van der Waals surface area contributed by atoms with E-state index in [-0.39, 0.29) is 16.8 Å². The molecular weight excluding hydrogens is 378 g/mol. The topological polar surface area (TPSA) is 59.2 Å². The molecule has 2 aliphatic rings. The highest BCUT2D eigenvalue weighted by Gasteiger charge is 2.45. The number of ether oxygens (including phenoxy) is 1. The van der Waals surface area contributed by atoms with Crippen molar-refractivity contribution in [2.75, 3.05) is 7.11 Å². The molecule has 0 saturated carbocycles. The fraction of sp³-hybridized carbons (Fsp3) is 0.238. The number of hydrogen-bond donors (Lipinski definition) is 1. The second-order valence-corrected chi connectivity index (χ2v) is 9.15. The van der Waals surface area contributed by atoms with E-state index in [9.17, 15) is 9.59 Å². The third-order valence-electron chi connectivity index (χ3n) is 5.48. The minimum Gasteiger partial charge on any atom is -0.465 e. The van der Waals surface area contributed by atoms with E-state index in [1.807, 2.05) is 24.3 Å². The Morgan fingerprint density at radius 1 is 1.15 bits per heavy atom. The van der Waals surface area contributed by atoms with Crippen LogP contribution in [0.2, 0.25) is 0 Å². The monoisotopic (exact) mass is 395 g/mol. The van der Waals surface area contributed by atoms with Crippen LogP contribution >= 0.6 is 23.1 Å². The second kappa shape index (κ2) is 6.39. The van der Waals surface area contributed by atoms with E-state index in [2.05, 4.69) is 29.2 Å². The highest BCUT2D eigenvalue weighted by Crippen LogP contribution is 2.57. The van der Waals surface area contributed by atoms with Crippen molar-refractivity contribution in [3.63, 3.8) is 0 Å². The maximum Gasteiger partial charge on any atom is 0.337 e. The number of H-pyrrole nitrogens is 1. The number of aromatic nitrogens is 1. The van der Waals surface area contributed by atoms with Crippen LogP contribution in [0.25, 0.3) is 0 Å². The quantitative estimate of drug-likeness (QED) is 0.662. The Bertz CT molecular complexity index is 1080. The van der Waals surface area contributed by atoms with Gasteiger partial charge in [0.2, 0.25) is 0 Å². The van der Waals surface area contributed by atoms with E-state index in [1.54, 1.807) is 11.8 Å². The van der Waals surface area contributed by atoms with Crippen molar-refractivity contribution in [3.05, 3.63) is 85.3 Å². The van der Waals surface area contributed by atoms with Crippen molar-refractivity contribution < 1.29 is 9.53 Å². The van der Waals surface area contributed by atoms with Crippen LogP contribution in [-0.4, -0.2) is 23.3 Å². The molecule has 0 unspecified atom stereocenters. The van der Waals surface area contributed by atoms with Crippen molar-refractivity contribution in [3.8, 4) is 0 Å². The van der Waals surface area contributed by atoms with Gasteiger partial charge in [-0.25, -0.2) is 4.79 Å².